The quantitative estimate of drug-likeness (QED) is 0.934. The number of benzene rings is 1. The predicted molar refractivity (Wildman–Crippen MR) is 84.0 cm³/mol. The minimum absolute atomic E-state index is 0.359. The van der Waals surface area contributed by atoms with Crippen LogP contribution in [0, 0.1) is 6.92 Å². The second kappa shape index (κ2) is 5.99. The molecule has 110 valence electrons. The monoisotopic (exact) mass is 284 g/mol. The van der Waals surface area contributed by atoms with Crippen molar-refractivity contribution in [3.8, 4) is 5.75 Å². The molecule has 0 amide bonds. The number of para-hydroxylation sites is 2. The van der Waals surface area contributed by atoms with Gasteiger partial charge in [-0.25, -0.2) is 9.97 Å². The van der Waals surface area contributed by atoms with Crippen molar-refractivity contribution in [1.29, 1.82) is 0 Å². The van der Waals surface area contributed by atoms with Crippen molar-refractivity contribution in [2.24, 2.45) is 0 Å². The van der Waals surface area contributed by atoms with Gasteiger partial charge in [0.1, 0.15) is 5.75 Å². The standard InChI is InChI=1S/C16H20N4O/c1-12-9-17-16(18-10-12)19-13-7-8-20(11-13)14-5-3-4-6-15(14)21-2/h3-6,9-10,13H,7-8,11H2,1-2H3,(H,17,18,19). The summed E-state index contributed by atoms with van der Waals surface area (Å²) in [4.78, 5) is 11.0. The maximum Gasteiger partial charge on any atom is 0.222 e. The third kappa shape index (κ3) is 3.07. The molecule has 5 heteroatoms. The number of anilines is 2. The first-order chi connectivity index (χ1) is 10.3. The predicted octanol–water partition coefficient (Wildman–Crippen LogP) is 2.48. The van der Waals surface area contributed by atoms with Crippen LogP contribution in [-0.4, -0.2) is 36.2 Å². The molecule has 0 radical (unpaired) electrons. The molecule has 1 unspecified atom stereocenters. The van der Waals surface area contributed by atoms with E-state index < -0.39 is 0 Å². The third-order valence-electron chi connectivity index (χ3n) is 3.73. The van der Waals surface area contributed by atoms with Crippen molar-refractivity contribution in [3.05, 3.63) is 42.2 Å². The van der Waals surface area contributed by atoms with E-state index in [-0.39, 0.29) is 0 Å². The molecule has 0 saturated carbocycles. The van der Waals surface area contributed by atoms with Gasteiger partial charge in [-0.1, -0.05) is 12.1 Å². The fourth-order valence-electron chi connectivity index (χ4n) is 2.64. The van der Waals surface area contributed by atoms with E-state index in [2.05, 4.69) is 26.3 Å². The van der Waals surface area contributed by atoms with Crippen LogP contribution in [-0.2, 0) is 0 Å². The highest BCUT2D eigenvalue weighted by Gasteiger charge is 2.24. The summed E-state index contributed by atoms with van der Waals surface area (Å²) in [5.74, 6) is 1.62. The Hall–Kier alpha value is -2.30. The van der Waals surface area contributed by atoms with E-state index in [1.807, 2.05) is 37.5 Å². The van der Waals surface area contributed by atoms with Gasteiger partial charge in [-0.3, -0.25) is 0 Å². The number of hydrogen-bond acceptors (Lipinski definition) is 5. The lowest BCUT2D eigenvalue weighted by Gasteiger charge is -2.21. The number of nitrogens with zero attached hydrogens (tertiary/aromatic N) is 3. The maximum absolute atomic E-state index is 5.44. The van der Waals surface area contributed by atoms with Crippen LogP contribution in [0.4, 0.5) is 11.6 Å². The second-order valence-electron chi connectivity index (χ2n) is 5.33. The molecule has 2 aromatic rings. The normalized spacial score (nSPS) is 17.8. The Morgan fingerprint density at radius 1 is 1.24 bits per heavy atom. The molecule has 1 N–H and O–H groups in total. The Balaban J connectivity index is 1.66. The SMILES string of the molecule is COc1ccccc1N1CCC(Nc2ncc(C)cn2)C1. The largest absolute Gasteiger partial charge is 0.495 e. The zero-order valence-corrected chi connectivity index (χ0v) is 12.4. The molecule has 3 rings (SSSR count). The molecule has 1 aliphatic heterocycles. The van der Waals surface area contributed by atoms with Gasteiger partial charge in [0.05, 0.1) is 12.8 Å². The summed E-state index contributed by atoms with van der Waals surface area (Å²) < 4.78 is 5.44. The van der Waals surface area contributed by atoms with Crippen LogP contribution in [0.2, 0.25) is 0 Å². The number of aryl methyl sites for hydroxylation is 1. The van der Waals surface area contributed by atoms with Gasteiger partial charge in [0.15, 0.2) is 0 Å². The van der Waals surface area contributed by atoms with Gasteiger partial charge in [-0.2, -0.15) is 0 Å². The van der Waals surface area contributed by atoms with Crippen LogP contribution in [0.15, 0.2) is 36.7 Å². The van der Waals surface area contributed by atoms with Crippen LogP contribution in [0.5, 0.6) is 5.75 Å². The Morgan fingerprint density at radius 3 is 2.76 bits per heavy atom. The minimum atomic E-state index is 0.359. The average molecular weight is 284 g/mol. The molecule has 5 nitrogen and oxygen atoms in total. The summed E-state index contributed by atoms with van der Waals surface area (Å²) >= 11 is 0. The first-order valence-electron chi connectivity index (χ1n) is 7.19. The number of rotatable bonds is 4. The summed E-state index contributed by atoms with van der Waals surface area (Å²) in [7, 11) is 1.71. The van der Waals surface area contributed by atoms with Crippen molar-refractivity contribution in [2.75, 3.05) is 30.4 Å². The lowest BCUT2D eigenvalue weighted by molar-refractivity contribution is 0.415. The van der Waals surface area contributed by atoms with Gasteiger partial charge in [0.2, 0.25) is 5.95 Å². The van der Waals surface area contributed by atoms with Crippen LogP contribution in [0.3, 0.4) is 0 Å². The van der Waals surface area contributed by atoms with Crippen molar-refractivity contribution in [1.82, 2.24) is 9.97 Å². The fraction of sp³-hybridized carbons (Fsp3) is 0.375. The summed E-state index contributed by atoms with van der Waals surface area (Å²) in [5.41, 5.74) is 2.22. The molecule has 0 spiro atoms. The van der Waals surface area contributed by atoms with Gasteiger partial charge >= 0.3 is 0 Å². The molecule has 2 heterocycles. The lowest BCUT2D eigenvalue weighted by atomic mass is 10.2. The van der Waals surface area contributed by atoms with E-state index in [1.165, 1.54) is 0 Å². The molecule has 0 aliphatic carbocycles. The van der Waals surface area contributed by atoms with E-state index in [9.17, 15) is 0 Å². The highest BCUT2D eigenvalue weighted by atomic mass is 16.5. The Kier molecular flexibility index (Phi) is 3.90. The number of methoxy groups -OCH3 is 1. The zero-order valence-electron chi connectivity index (χ0n) is 12.4. The second-order valence-corrected chi connectivity index (χ2v) is 5.33. The van der Waals surface area contributed by atoms with Crippen molar-refractivity contribution in [3.63, 3.8) is 0 Å². The van der Waals surface area contributed by atoms with Crippen LogP contribution in [0.1, 0.15) is 12.0 Å². The Bertz CT molecular complexity index is 599. The van der Waals surface area contributed by atoms with Crippen molar-refractivity contribution >= 4 is 11.6 Å². The first kappa shape index (κ1) is 13.7. The molecule has 1 saturated heterocycles. The van der Waals surface area contributed by atoms with Crippen LogP contribution < -0.4 is 15.0 Å². The maximum atomic E-state index is 5.44. The van der Waals surface area contributed by atoms with Crippen molar-refractivity contribution in [2.45, 2.75) is 19.4 Å². The Labute approximate surface area is 125 Å². The molecule has 1 aliphatic rings. The van der Waals surface area contributed by atoms with E-state index in [1.54, 1.807) is 7.11 Å². The molecule has 1 aromatic carbocycles. The highest BCUT2D eigenvalue weighted by Crippen LogP contribution is 2.30. The lowest BCUT2D eigenvalue weighted by Crippen LogP contribution is -2.26. The summed E-state index contributed by atoms with van der Waals surface area (Å²) in [6.45, 7) is 3.92. The fourth-order valence-corrected chi connectivity index (χ4v) is 2.64. The van der Waals surface area contributed by atoms with Gasteiger partial charge in [0.25, 0.3) is 0 Å². The average Bonchev–Trinajstić information content (AvgIpc) is 2.98. The van der Waals surface area contributed by atoms with Gasteiger partial charge in [-0.15, -0.1) is 0 Å². The number of ether oxygens (including phenoxy) is 1. The van der Waals surface area contributed by atoms with E-state index in [0.717, 1.165) is 36.5 Å². The summed E-state index contributed by atoms with van der Waals surface area (Å²) in [5, 5.41) is 3.40. The molecule has 1 atom stereocenters. The van der Waals surface area contributed by atoms with Gasteiger partial charge in [0, 0.05) is 31.5 Å². The van der Waals surface area contributed by atoms with Crippen LogP contribution in [0.25, 0.3) is 0 Å². The van der Waals surface area contributed by atoms with Gasteiger partial charge in [-0.05, 0) is 31.0 Å². The molecule has 1 aromatic heterocycles. The highest BCUT2D eigenvalue weighted by molar-refractivity contribution is 5.59. The molecule has 21 heavy (non-hydrogen) atoms. The van der Waals surface area contributed by atoms with E-state index in [4.69, 9.17) is 4.74 Å². The zero-order chi connectivity index (χ0) is 14.7. The molecule has 1 fully saturated rings. The number of nitrogens with one attached hydrogen (secondary N) is 1. The molecule has 0 bridgehead atoms. The smallest absolute Gasteiger partial charge is 0.222 e. The summed E-state index contributed by atoms with van der Waals surface area (Å²) in [6, 6.07) is 8.50. The van der Waals surface area contributed by atoms with E-state index in [0.29, 0.717) is 12.0 Å². The molecular formula is C16H20N4O. The molecular weight excluding hydrogens is 264 g/mol. The minimum Gasteiger partial charge on any atom is -0.495 e. The van der Waals surface area contributed by atoms with Crippen molar-refractivity contribution < 1.29 is 4.74 Å². The summed E-state index contributed by atoms with van der Waals surface area (Å²) in [6.07, 6.45) is 4.74. The van der Waals surface area contributed by atoms with E-state index >= 15 is 0 Å². The topological polar surface area (TPSA) is 50.3 Å². The first-order valence-corrected chi connectivity index (χ1v) is 7.19. The van der Waals surface area contributed by atoms with Gasteiger partial charge < -0.3 is 15.0 Å². The number of hydrogen-bond donors (Lipinski definition) is 1. The Morgan fingerprint density at radius 2 is 2.00 bits per heavy atom. The van der Waals surface area contributed by atoms with Crippen LogP contribution >= 0.6 is 0 Å². The third-order valence-corrected chi connectivity index (χ3v) is 3.73. The number of aromatic nitrogens is 2.